The van der Waals surface area contributed by atoms with Crippen LogP contribution in [0.4, 0.5) is 4.39 Å². The first-order valence-electron chi connectivity index (χ1n) is 13.8. The third kappa shape index (κ3) is 6.06. The number of benzene rings is 1. The molecule has 1 aliphatic carbocycles. The van der Waals surface area contributed by atoms with Crippen molar-refractivity contribution in [1.29, 1.82) is 0 Å². The van der Waals surface area contributed by atoms with Gasteiger partial charge in [0.2, 0.25) is 5.91 Å². The molecule has 0 spiro atoms. The quantitative estimate of drug-likeness (QED) is 0.547. The standard InChI is InChI=1S/C29H38FN3O4/c1-19-17-33(18-20(2)36-19)29(35)28-25-9-4-8-24(25)26(31-28)10-5-11-27(34)32-14-12-22(13-15-32)37-23-7-3-6-21(30)16-23/h3,6-7,16,19-20,22,26H,4-5,8-15,17-18H2,1-2H3/t19-,20+,26?. The number of likely N-dealkylation sites (tertiary alicyclic amines) is 1. The van der Waals surface area contributed by atoms with Gasteiger partial charge in [0.05, 0.1) is 18.2 Å². The minimum Gasteiger partial charge on any atom is -0.490 e. The first-order valence-corrected chi connectivity index (χ1v) is 13.8. The number of carbonyl (C=O) groups excluding carboxylic acids is 2. The summed E-state index contributed by atoms with van der Waals surface area (Å²) in [6.07, 6.45) is 6.62. The Morgan fingerprint density at radius 2 is 1.86 bits per heavy atom. The Morgan fingerprint density at radius 3 is 2.59 bits per heavy atom. The Morgan fingerprint density at radius 1 is 1.11 bits per heavy atom. The molecule has 0 N–H and O–H groups in total. The Balaban J connectivity index is 1.10. The number of morpholine rings is 1. The predicted octanol–water partition coefficient (Wildman–Crippen LogP) is 4.31. The maximum atomic E-state index is 13.4. The van der Waals surface area contributed by atoms with Gasteiger partial charge in [-0.15, -0.1) is 0 Å². The predicted molar refractivity (Wildman–Crippen MR) is 139 cm³/mol. The van der Waals surface area contributed by atoms with Gasteiger partial charge in [0, 0.05) is 51.5 Å². The molecule has 7 nitrogen and oxygen atoms in total. The van der Waals surface area contributed by atoms with Crippen molar-refractivity contribution < 1.29 is 23.5 Å². The fraction of sp³-hybridized carbons (Fsp3) is 0.621. The SMILES string of the molecule is C[C@@H]1CN(C(=O)C2=NC(CCCC(=O)N3CCC(Oc4cccc(F)c4)CC3)C3=C2CCC3)C[C@H](C)O1. The van der Waals surface area contributed by atoms with Gasteiger partial charge in [0.15, 0.2) is 0 Å². The van der Waals surface area contributed by atoms with Gasteiger partial charge >= 0.3 is 0 Å². The van der Waals surface area contributed by atoms with E-state index in [0.717, 1.165) is 50.5 Å². The summed E-state index contributed by atoms with van der Waals surface area (Å²) in [5.74, 6) is 0.440. The molecule has 3 heterocycles. The van der Waals surface area contributed by atoms with Gasteiger partial charge in [0.1, 0.15) is 23.4 Å². The lowest BCUT2D eigenvalue weighted by atomic mass is 9.99. The largest absolute Gasteiger partial charge is 0.490 e. The second-order valence-electron chi connectivity index (χ2n) is 10.9. The van der Waals surface area contributed by atoms with E-state index < -0.39 is 0 Å². The average molecular weight is 512 g/mol. The molecule has 0 radical (unpaired) electrons. The lowest BCUT2D eigenvalue weighted by molar-refractivity contribution is -0.136. The van der Waals surface area contributed by atoms with Crippen molar-refractivity contribution >= 4 is 17.5 Å². The van der Waals surface area contributed by atoms with Gasteiger partial charge in [-0.25, -0.2) is 4.39 Å². The maximum absolute atomic E-state index is 13.4. The van der Waals surface area contributed by atoms with E-state index in [1.54, 1.807) is 12.1 Å². The molecule has 0 bridgehead atoms. The van der Waals surface area contributed by atoms with Gasteiger partial charge in [-0.1, -0.05) is 6.07 Å². The molecule has 0 aromatic heterocycles. The number of hydrogen-bond donors (Lipinski definition) is 0. The van der Waals surface area contributed by atoms with Crippen LogP contribution in [0.3, 0.4) is 0 Å². The van der Waals surface area contributed by atoms with E-state index >= 15 is 0 Å². The van der Waals surface area contributed by atoms with Crippen LogP contribution in [-0.2, 0) is 14.3 Å². The number of halogens is 1. The molecule has 2 fully saturated rings. The van der Waals surface area contributed by atoms with E-state index in [9.17, 15) is 14.0 Å². The summed E-state index contributed by atoms with van der Waals surface area (Å²) in [7, 11) is 0. The van der Waals surface area contributed by atoms with E-state index in [1.807, 2.05) is 23.6 Å². The number of carbonyl (C=O) groups is 2. The molecule has 3 atom stereocenters. The lowest BCUT2D eigenvalue weighted by Crippen LogP contribution is -2.50. The molecule has 3 aliphatic heterocycles. The topological polar surface area (TPSA) is 71.4 Å². The highest BCUT2D eigenvalue weighted by atomic mass is 19.1. The van der Waals surface area contributed by atoms with Gasteiger partial charge in [0.25, 0.3) is 5.91 Å². The Labute approximate surface area is 218 Å². The molecule has 4 aliphatic rings. The van der Waals surface area contributed by atoms with Crippen molar-refractivity contribution in [1.82, 2.24) is 9.80 Å². The summed E-state index contributed by atoms with van der Waals surface area (Å²) in [6.45, 7) is 6.54. The number of piperidine rings is 1. The molecule has 37 heavy (non-hydrogen) atoms. The number of hydrogen-bond acceptors (Lipinski definition) is 5. The van der Waals surface area contributed by atoms with E-state index in [2.05, 4.69) is 0 Å². The molecule has 2 amide bonds. The van der Waals surface area contributed by atoms with Crippen LogP contribution >= 0.6 is 0 Å². The Kier molecular flexibility index (Phi) is 7.93. The minimum absolute atomic E-state index is 0.000185. The normalized spacial score (nSPS) is 26.4. The monoisotopic (exact) mass is 511 g/mol. The summed E-state index contributed by atoms with van der Waals surface area (Å²) in [6, 6.07) is 6.24. The molecule has 2 saturated heterocycles. The first kappa shape index (κ1) is 25.9. The molecule has 1 unspecified atom stereocenters. The van der Waals surface area contributed by atoms with E-state index in [0.29, 0.717) is 44.1 Å². The van der Waals surface area contributed by atoms with Crippen LogP contribution in [0.5, 0.6) is 5.75 Å². The summed E-state index contributed by atoms with van der Waals surface area (Å²) >= 11 is 0. The maximum Gasteiger partial charge on any atom is 0.272 e. The number of aliphatic imine (C=N–C) groups is 1. The van der Waals surface area contributed by atoms with Crippen LogP contribution in [0.2, 0.25) is 0 Å². The van der Waals surface area contributed by atoms with Gasteiger partial charge in [-0.05, 0) is 69.2 Å². The van der Waals surface area contributed by atoms with Crippen LogP contribution in [0, 0.1) is 5.82 Å². The van der Waals surface area contributed by atoms with Gasteiger partial charge in [-0.3, -0.25) is 14.6 Å². The Bertz CT molecular complexity index is 1070. The molecule has 1 aromatic carbocycles. The minimum atomic E-state index is -0.307. The highest BCUT2D eigenvalue weighted by Gasteiger charge is 2.37. The number of ether oxygens (including phenoxy) is 2. The fourth-order valence-electron chi connectivity index (χ4n) is 6.19. The smallest absolute Gasteiger partial charge is 0.272 e. The molecule has 1 aromatic rings. The molecular formula is C29H38FN3O4. The zero-order chi connectivity index (χ0) is 25.9. The second-order valence-corrected chi connectivity index (χ2v) is 10.9. The molecule has 200 valence electrons. The average Bonchev–Trinajstić information content (AvgIpc) is 3.47. The van der Waals surface area contributed by atoms with Crippen molar-refractivity contribution in [3.05, 3.63) is 41.2 Å². The van der Waals surface area contributed by atoms with Crippen LogP contribution in [-0.4, -0.2) is 77.9 Å². The summed E-state index contributed by atoms with van der Waals surface area (Å²) < 4.78 is 25.1. The van der Waals surface area contributed by atoms with E-state index in [1.165, 1.54) is 17.7 Å². The highest BCUT2D eigenvalue weighted by Crippen LogP contribution is 2.38. The first-order chi connectivity index (χ1) is 17.9. The van der Waals surface area contributed by atoms with Crippen LogP contribution in [0.25, 0.3) is 0 Å². The van der Waals surface area contributed by atoms with Crippen LogP contribution < -0.4 is 4.74 Å². The van der Waals surface area contributed by atoms with E-state index in [-0.39, 0.29) is 42.0 Å². The van der Waals surface area contributed by atoms with Crippen LogP contribution in [0.1, 0.15) is 65.2 Å². The van der Waals surface area contributed by atoms with Crippen molar-refractivity contribution in [3.63, 3.8) is 0 Å². The van der Waals surface area contributed by atoms with Crippen molar-refractivity contribution in [2.24, 2.45) is 4.99 Å². The summed E-state index contributed by atoms with van der Waals surface area (Å²) in [5.41, 5.74) is 3.14. The summed E-state index contributed by atoms with van der Waals surface area (Å²) in [4.78, 5) is 34.9. The molecular weight excluding hydrogens is 473 g/mol. The zero-order valence-corrected chi connectivity index (χ0v) is 22.0. The third-order valence-corrected chi connectivity index (χ3v) is 7.90. The fourth-order valence-corrected chi connectivity index (χ4v) is 6.19. The van der Waals surface area contributed by atoms with Crippen molar-refractivity contribution in [2.45, 2.75) is 89.6 Å². The molecule has 0 saturated carbocycles. The van der Waals surface area contributed by atoms with Crippen LogP contribution in [0.15, 0.2) is 40.4 Å². The van der Waals surface area contributed by atoms with E-state index in [4.69, 9.17) is 14.5 Å². The third-order valence-electron chi connectivity index (χ3n) is 7.90. The number of nitrogens with zero attached hydrogens (tertiary/aromatic N) is 3. The van der Waals surface area contributed by atoms with Crippen molar-refractivity contribution in [3.8, 4) is 5.75 Å². The highest BCUT2D eigenvalue weighted by molar-refractivity contribution is 6.46. The molecule has 5 rings (SSSR count). The van der Waals surface area contributed by atoms with Gasteiger partial charge in [-0.2, -0.15) is 0 Å². The zero-order valence-electron chi connectivity index (χ0n) is 22.0. The summed E-state index contributed by atoms with van der Waals surface area (Å²) in [5, 5.41) is 0. The number of rotatable bonds is 7. The Hall–Kier alpha value is -2.74. The van der Waals surface area contributed by atoms with Gasteiger partial charge < -0.3 is 19.3 Å². The number of amides is 2. The lowest BCUT2D eigenvalue weighted by Gasteiger charge is -2.35. The van der Waals surface area contributed by atoms with Crippen molar-refractivity contribution in [2.75, 3.05) is 26.2 Å². The second kappa shape index (κ2) is 11.3. The molecule has 8 heteroatoms.